The second-order valence-corrected chi connectivity index (χ2v) is 4.65. The summed E-state index contributed by atoms with van der Waals surface area (Å²) in [4.78, 5) is 22.2. The van der Waals surface area contributed by atoms with E-state index in [9.17, 15) is 9.59 Å². The van der Waals surface area contributed by atoms with E-state index < -0.39 is 6.03 Å². The number of nitrogens with one attached hydrogen (secondary N) is 1. The van der Waals surface area contributed by atoms with Crippen LogP contribution in [0.25, 0.3) is 0 Å². The number of nitrogens with two attached hydrogens (primary N) is 1. The summed E-state index contributed by atoms with van der Waals surface area (Å²) in [6.07, 6.45) is 1.28. The van der Waals surface area contributed by atoms with E-state index in [4.69, 9.17) is 5.73 Å². The first-order chi connectivity index (χ1) is 6.64. The Hall–Kier alpha value is -1.23. The fraction of sp³-hybridized carbons (Fsp3) is 0.400. The zero-order chi connectivity index (χ0) is 12.2. The standard InChI is InChI=1S/C10H16N2O2S/c1-6(15)7(13)5-8(10(2,3)4)12-9(11)14/h5,15H,1H2,2-4H3,(H3,11,12,14)/b8-5+. The molecule has 84 valence electrons. The van der Waals surface area contributed by atoms with Crippen LogP contribution in [0.5, 0.6) is 0 Å². The minimum atomic E-state index is -0.700. The molecule has 0 aromatic carbocycles. The molecule has 0 aliphatic carbocycles. The molecule has 0 radical (unpaired) electrons. The van der Waals surface area contributed by atoms with Gasteiger partial charge in [0.25, 0.3) is 0 Å². The van der Waals surface area contributed by atoms with Crippen molar-refractivity contribution in [3.63, 3.8) is 0 Å². The summed E-state index contributed by atoms with van der Waals surface area (Å²) in [5.74, 6) is -0.350. The monoisotopic (exact) mass is 228 g/mol. The molecule has 0 rings (SSSR count). The van der Waals surface area contributed by atoms with Crippen LogP contribution in [0.3, 0.4) is 0 Å². The lowest BCUT2D eigenvalue weighted by Gasteiger charge is -2.22. The molecular formula is C10H16N2O2S. The predicted octanol–water partition coefficient (Wildman–Crippen LogP) is 1.60. The number of allylic oxidation sites excluding steroid dienone is 3. The Morgan fingerprint density at radius 1 is 1.40 bits per heavy atom. The molecule has 0 atom stereocenters. The second-order valence-electron chi connectivity index (χ2n) is 4.11. The molecule has 15 heavy (non-hydrogen) atoms. The minimum Gasteiger partial charge on any atom is -0.351 e. The molecule has 5 heteroatoms. The molecule has 0 aromatic heterocycles. The van der Waals surface area contributed by atoms with Gasteiger partial charge in [-0.3, -0.25) is 4.79 Å². The highest BCUT2D eigenvalue weighted by Crippen LogP contribution is 2.23. The van der Waals surface area contributed by atoms with Crippen LogP contribution in [-0.2, 0) is 4.79 Å². The second kappa shape index (κ2) is 5.02. The van der Waals surface area contributed by atoms with Crippen molar-refractivity contribution in [3.05, 3.63) is 23.3 Å². The third-order valence-corrected chi connectivity index (χ3v) is 1.85. The molecule has 4 nitrogen and oxygen atoms in total. The van der Waals surface area contributed by atoms with Crippen LogP contribution in [0.4, 0.5) is 4.79 Å². The Kier molecular flexibility index (Phi) is 4.61. The van der Waals surface area contributed by atoms with Crippen molar-refractivity contribution in [2.75, 3.05) is 0 Å². The SMILES string of the molecule is C=C(S)C(=O)/C=C(/NC(N)=O)C(C)(C)C. The first kappa shape index (κ1) is 13.8. The highest BCUT2D eigenvalue weighted by Gasteiger charge is 2.19. The summed E-state index contributed by atoms with van der Waals surface area (Å²) < 4.78 is 0. The first-order valence-corrected chi connectivity index (χ1v) is 4.80. The predicted molar refractivity (Wildman–Crippen MR) is 63.4 cm³/mol. The number of rotatable bonds is 3. The van der Waals surface area contributed by atoms with Gasteiger partial charge in [0.2, 0.25) is 0 Å². The van der Waals surface area contributed by atoms with Crippen LogP contribution >= 0.6 is 12.6 Å². The maximum Gasteiger partial charge on any atom is 0.316 e. The summed E-state index contributed by atoms with van der Waals surface area (Å²) in [5.41, 5.74) is 5.06. The molecule has 2 amide bonds. The zero-order valence-electron chi connectivity index (χ0n) is 9.13. The molecule has 0 fully saturated rings. The van der Waals surface area contributed by atoms with Gasteiger partial charge in [0.1, 0.15) is 0 Å². The average molecular weight is 228 g/mol. The molecule has 0 bridgehead atoms. The number of carbonyl (C=O) groups excluding carboxylic acids is 2. The lowest BCUT2D eigenvalue weighted by Crippen LogP contribution is -2.34. The van der Waals surface area contributed by atoms with E-state index in [2.05, 4.69) is 24.5 Å². The molecule has 0 saturated heterocycles. The molecule has 0 saturated carbocycles. The Morgan fingerprint density at radius 2 is 1.87 bits per heavy atom. The molecule has 0 aromatic rings. The molecule has 3 N–H and O–H groups in total. The quantitative estimate of drug-likeness (QED) is 0.507. The zero-order valence-corrected chi connectivity index (χ0v) is 10.0. The van der Waals surface area contributed by atoms with Crippen molar-refractivity contribution in [2.24, 2.45) is 11.1 Å². The number of hydrogen-bond acceptors (Lipinski definition) is 3. The van der Waals surface area contributed by atoms with E-state index in [0.717, 1.165) is 0 Å². The number of ketones is 1. The number of carbonyl (C=O) groups is 2. The van der Waals surface area contributed by atoms with Gasteiger partial charge in [0, 0.05) is 22.1 Å². The fourth-order valence-electron chi connectivity index (χ4n) is 0.787. The van der Waals surface area contributed by atoms with Crippen LogP contribution in [-0.4, -0.2) is 11.8 Å². The van der Waals surface area contributed by atoms with E-state index in [-0.39, 0.29) is 16.1 Å². The Balaban J connectivity index is 5.03. The Labute approximate surface area is 95.0 Å². The van der Waals surface area contributed by atoms with Gasteiger partial charge in [-0.25, -0.2) is 4.79 Å². The van der Waals surface area contributed by atoms with Crippen LogP contribution < -0.4 is 11.1 Å². The van der Waals surface area contributed by atoms with Crippen LogP contribution in [0, 0.1) is 5.41 Å². The number of amides is 2. The Bertz CT molecular complexity index is 327. The normalized spacial score (nSPS) is 12.1. The number of urea groups is 1. The van der Waals surface area contributed by atoms with Gasteiger partial charge in [-0.1, -0.05) is 27.4 Å². The molecule has 0 aliphatic heterocycles. The number of primary amides is 1. The smallest absolute Gasteiger partial charge is 0.316 e. The number of thiol groups is 1. The molecular weight excluding hydrogens is 212 g/mol. The van der Waals surface area contributed by atoms with E-state index in [1.807, 2.05) is 20.8 Å². The summed E-state index contributed by atoms with van der Waals surface area (Å²) in [6.45, 7) is 8.95. The van der Waals surface area contributed by atoms with E-state index in [1.54, 1.807) is 0 Å². The van der Waals surface area contributed by atoms with E-state index >= 15 is 0 Å². The fourth-order valence-corrected chi connectivity index (χ4v) is 0.852. The van der Waals surface area contributed by atoms with Gasteiger partial charge >= 0.3 is 6.03 Å². The van der Waals surface area contributed by atoms with Gasteiger partial charge in [0.05, 0.1) is 0 Å². The maximum atomic E-state index is 11.3. The summed E-state index contributed by atoms with van der Waals surface area (Å²) in [5, 5.41) is 2.41. The van der Waals surface area contributed by atoms with Gasteiger partial charge in [0.15, 0.2) is 5.78 Å². The van der Waals surface area contributed by atoms with Gasteiger partial charge in [-0.05, 0) is 0 Å². The maximum absolute atomic E-state index is 11.3. The lowest BCUT2D eigenvalue weighted by atomic mass is 9.91. The van der Waals surface area contributed by atoms with Gasteiger partial charge in [-0.15, -0.1) is 12.6 Å². The van der Waals surface area contributed by atoms with Crippen LogP contribution in [0.2, 0.25) is 0 Å². The van der Waals surface area contributed by atoms with Crippen molar-refractivity contribution < 1.29 is 9.59 Å². The van der Waals surface area contributed by atoms with Crippen molar-refractivity contribution in [1.29, 1.82) is 0 Å². The third kappa shape index (κ3) is 5.27. The van der Waals surface area contributed by atoms with E-state index in [0.29, 0.717) is 5.70 Å². The Morgan fingerprint density at radius 3 is 2.13 bits per heavy atom. The van der Waals surface area contributed by atoms with Crippen molar-refractivity contribution in [3.8, 4) is 0 Å². The topological polar surface area (TPSA) is 72.2 Å². The molecule has 0 aliphatic rings. The highest BCUT2D eigenvalue weighted by atomic mass is 32.1. The van der Waals surface area contributed by atoms with Crippen LogP contribution in [0.15, 0.2) is 23.3 Å². The van der Waals surface area contributed by atoms with Crippen molar-refractivity contribution in [1.82, 2.24) is 5.32 Å². The molecule has 0 spiro atoms. The first-order valence-electron chi connectivity index (χ1n) is 4.35. The molecule has 0 unspecified atom stereocenters. The minimum absolute atomic E-state index is 0.114. The third-order valence-electron chi connectivity index (χ3n) is 1.63. The molecule has 0 heterocycles. The summed E-state index contributed by atoms with van der Waals surface area (Å²) in [6, 6.07) is -0.700. The lowest BCUT2D eigenvalue weighted by molar-refractivity contribution is -0.110. The van der Waals surface area contributed by atoms with Crippen LogP contribution in [0.1, 0.15) is 20.8 Å². The van der Waals surface area contributed by atoms with Crippen molar-refractivity contribution >= 4 is 24.4 Å². The summed E-state index contributed by atoms with van der Waals surface area (Å²) in [7, 11) is 0. The van der Waals surface area contributed by atoms with Crippen molar-refractivity contribution in [2.45, 2.75) is 20.8 Å². The summed E-state index contributed by atoms with van der Waals surface area (Å²) >= 11 is 3.82. The highest BCUT2D eigenvalue weighted by molar-refractivity contribution is 7.85. The number of hydrogen-bond donors (Lipinski definition) is 3. The largest absolute Gasteiger partial charge is 0.351 e. The van der Waals surface area contributed by atoms with Gasteiger partial charge in [-0.2, -0.15) is 0 Å². The van der Waals surface area contributed by atoms with Gasteiger partial charge < -0.3 is 11.1 Å². The van der Waals surface area contributed by atoms with E-state index in [1.165, 1.54) is 6.08 Å². The average Bonchev–Trinajstić information content (AvgIpc) is 2.00.